The van der Waals surface area contributed by atoms with E-state index in [0.29, 0.717) is 0 Å². The van der Waals surface area contributed by atoms with Crippen molar-refractivity contribution in [1.29, 1.82) is 0 Å². The van der Waals surface area contributed by atoms with Crippen molar-refractivity contribution in [3.8, 4) is 0 Å². The van der Waals surface area contributed by atoms with Gasteiger partial charge in [-0.15, -0.1) is 0 Å². The number of carbonyl (C=O) groups is 1. The molecule has 1 saturated heterocycles. The first kappa shape index (κ1) is 31.9. The summed E-state index contributed by atoms with van der Waals surface area (Å²) in [6.07, 6.45) is 0.853. The summed E-state index contributed by atoms with van der Waals surface area (Å²) in [6, 6.07) is 0. The zero-order valence-electron chi connectivity index (χ0n) is 42.8. The van der Waals surface area contributed by atoms with E-state index in [2.05, 4.69) is 53.5 Å². The molecule has 0 radical (unpaired) electrons. The van der Waals surface area contributed by atoms with E-state index in [4.69, 9.17) is 4.74 Å². The number of benzene rings is 18. The van der Waals surface area contributed by atoms with Crippen molar-refractivity contribution >= 4 is 297 Å². The van der Waals surface area contributed by atoms with E-state index in [1.54, 1.807) is 313 Å². The van der Waals surface area contributed by atoms with Gasteiger partial charge in [0.25, 0.3) is 0 Å². The lowest BCUT2D eigenvalue weighted by molar-refractivity contribution is -0.187. The quantitative estimate of drug-likeness (QED) is 0.128. The first-order valence-corrected chi connectivity index (χ1v) is 29.7. The lowest BCUT2D eigenvalue weighted by Crippen LogP contribution is -2.70. The highest BCUT2D eigenvalue weighted by Gasteiger charge is 2.82. The normalized spacial score (nSPS) is 27.3. The Balaban J connectivity index is 1.03. The Bertz CT molecular complexity index is 7400. The number of esters is 1. The van der Waals surface area contributed by atoms with Gasteiger partial charge in [0.2, 0.25) is 0 Å². The molecule has 0 bridgehead atoms. The maximum Gasteiger partial charge on any atom is 0.310 e. The summed E-state index contributed by atoms with van der Waals surface area (Å²) in [5.74, 6) is 0.0745. The van der Waals surface area contributed by atoms with E-state index in [1.807, 2.05) is 0 Å². The van der Waals surface area contributed by atoms with Crippen molar-refractivity contribution in [3.05, 3.63) is 22.3 Å². The number of likely N-dealkylation sites (N-methyl/N-ethyl adjacent to an activating group) is 1. The number of rotatable bonds is 2. The third-order valence-corrected chi connectivity index (χ3v) is 29.2. The number of carbonyl (C=O) groups excluding carboxylic acids is 1. The molecule has 344 valence electrons. The summed E-state index contributed by atoms with van der Waals surface area (Å²) >= 11 is 0. The van der Waals surface area contributed by atoms with Crippen molar-refractivity contribution in [1.82, 2.24) is 4.90 Å². The maximum absolute atomic E-state index is 14.8. The van der Waals surface area contributed by atoms with Gasteiger partial charge in [-0.1, -0.05) is 13.8 Å². The van der Waals surface area contributed by atoms with Crippen molar-refractivity contribution in [2.75, 3.05) is 13.6 Å². The Labute approximate surface area is 431 Å². The molecule has 1 heterocycles. The zero-order valence-corrected chi connectivity index (χ0v) is 42.8. The van der Waals surface area contributed by atoms with Crippen LogP contribution in [0.25, 0.3) is 291 Å². The van der Waals surface area contributed by atoms with E-state index < -0.39 is 11.0 Å². The van der Waals surface area contributed by atoms with E-state index in [0.717, 1.165) is 13.0 Å². The molecule has 28 aromatic rings. The number of likely N-dealkylation sites (tertiary alicyclic amines) is 1. The van der Waals surface area contributed by atoms with Crippen LogP contribution in [0, 0.1) is 17.3 Å². The molecule has 2 fully saturated rings. The van der Waals surface area contributed by atoms with Gasteiger partial charge in [0.05, 0.1) is 16.7 Å². The van der Waals surface area contributed by atoms with Gasteiger partial charge in [0.1, 0.15) is 5.60 Å². The van der Waals surface area contributed by atoms with Gasteiger partial charge in [-0.25, -0.2) is 0 Å². The second-order valence-corrected chi connectivity index (χ2v) is 31.1. The Hall–Kier alpha value is -8.11. The van der Waals surface area contributed by atoms with Crippen LogP contribution in [0.5, 0.6) is 0 Å². The van der Waals surface area contributed by atoms with E-state index >= 15 is 0 Å². The minimum atomic E-state index is -0.534. The van der Waals surface area contributed by atoms with Gasteiger partial charge < -0.3 is 4.74 Å². The summed E-state index contributed by atoms with van der Waals surface area (Å²) in [5.41, 5.74) is 5.01. The minimum Gasteiger partial charge on any atom is -0.460 e. The third-order valence-electron chi connectivity index (χ3n) is 29.2. The molecule has 6 aliphatic rings. The number of hydrogen-bond acceptors (Lipinski definition) is 3. The summed E-state index contributed by atoms with van der Waals surface area (Å²) in [4.78, 5) is 17.8. The first-order chi connectivity index (χ1) is 38.0. The molecule has 3 heteroatoms. The van der Waals surface area contributed by atoms with Crippen molar-refractivity contribution < 1.29 is 9.53 Å². The Morgan fingerprint density at radius 1 is 0.359 bits per heavy atom. The van der Waals surface area contributed by atoms with Gasteiger partial charge in [-0.05, 0) is 366 Å². The summed E-state index contributed by atoms with van der Waals surface area (Å²) in [7, 11) is 2.59. The molecule has 78 heavy (non-hydrogen) atoms. The molecule has 34 rings (SSSR count). The average Bonchev–Trinajstić information content (AvgIpc) is 1.41. The lowest BCUT2D eigenvalue weighted by Gasteiger charge is -2.65. The fraction of sp³-hybridized carbons (Fsp3) is 0.213. The predicted octanol–water partition coefficient (Wildman–Crippen LogP) is 19.0. The molecular formula is C75H27NO2. The molecule has 5 aliphatic carbocycles. The van der Waals surface area contributed by atoms with Crippen LogP contribution in [0.2, 0.25) is 0 Å². The molecule has 0 aromatic heterocycles. The van der Waals surface area contributed by atoms with Crippen LogP contribution in [0.4, 0.5) is 0 Å². The molecule has 2 spiro atoms. The predicted molar refractivity (Wildman–Crippen MR) is 326 cm³/mol. The van der Waals surface area contributed by atoms with Crippen molar-refractivity contribution in [2.45, 2.75) is 69.9 Å². The van der Waals surface area contributed by atoms with E-state index in [9.17, 15) is 4.79 Å². The van der Waals surface area contributed by atoms with Gasteiger partial charge in [0, 0.05) is 12.1 Å². The van der Waals surface area contributed by atoms with Crippen LogP contribution in [0.15, 0.2) is 0 Å². The second kappa shape index (κ2) is 7.14. The highest BCUT2D eigenvalue weighted by atomic mass is 16.6. The average molecular weight is 974 g/mol. The fourth-order valence-electron chi connectivity index (χ4n) is 28.6. The largest absolute Gasteiger partial charge is 0.460 e. The molecule has 3 nitrogen and oxygen atoms in total. The standard InChI is InChI=1S/C75H27NO2/c1-71(2,3)78-70(77)10-8-11(72(10,4)5)73(6)75-68-62-56-46-34-26-18-14-12-13-16-20(18)28(34)38-32-24(16)25-17(13)21-19-15(12)23-22(14)30-36(26)44-50-40(30)41-31(23)37-27(19)35-29(21)39-33(25)43-42(32)54(48(38)56)64(68)65-55(43)49(39)57-47(35)53-45(37)51(41)59-58(50)66(60(62)52(44)46)74(75,9-76(73)7)67(59)61(53)63(57)69(65)75/h10-11H,8-9H2,1-7H3/t10-,11+,73?,74?,75?/m1/s1. The lowest BCUT2D eigenvalue weighted by atomic mass is 9.38. The third kappa shape index (κ3) is 1.76. The van der Waals surface area contributed by atoms with Gasteiger partial charge in [0.15, 0.2) is 0 Å². The summed E-state index contributed by atoms with van der Waals surface area (Å²) in [6.45, 7) is 15.0. The molecule has 0 N–H and O–H groups in total. The molecule has 1 saturated carbocycles. The number of nitrogens with zero attached hydrogens (tertiary/aromatic N) is 1. The van der Waals surface area contributed by atoms with Crippen LogP contribution in [0.1, 0.15) is 70.2 Å². The van der Waals surface area contributed by atoms with Gasteiger partial charge in [-0.3, -0.25) is 9.69 Å². The summed E-state index contributed by atoms with van der Waals surface area (Å²) < 4.78 is 6.44. The van der Waals surface area contributed by atoms with Gasteiger partial charge in [-0.2, -0.15) is 0 Å². The number of hydrogen-bond donors (Lipinski definition) is 0. The molecule has 1 unspecified atom stereocenters. The molecule has 1 aliphatic heterocycles. The van der Waals surface area contributed by atoms with Crippen molar-refractivity contribution in [3.63, 3.8) is 0 Å². The maximum atomic E-state index is 14.8. The molecule has 3 atom stereocenters. The van der Waals surface area contributed by atoms with E-state index in [-0.39, 0.29) is 34.2 Å². The SMILES string of the molecule is CN1CC23c4c5c6c7c8c9c(c%10c%11c2c2c4c4c%12c5c5c6c6c8c8c%13c9c9c%10c%10c%11c%11c2c2c4c4c%12c%12c5c5c6c8c6c8c%13c9c9c%10c%10c%11c2c2c4c4c%12c5c6c5c8c9c%10c2c45)C73C1(C)[C@H]1C[C@H](C(=O)OC(C)(C)C)C1(C)C. The Morgan fingerprint density at radius 3 is 0.769 bits per heavy atom. The number of ether oxygens (including phenoxy) is 1. The van der Waals surface area contributed by atoms with Crippen LogP contribution in [-0.4, -0.2) is 35.6 Å². The summed E-state index contributed by atoms with van der Waals surface area (Å²) in [5, 5.41) is 89.0. The molecule has 28 aromatic carbocycles. The zero-order chi connectivity index (χ0) is 48.4. The van der Waals surface area contributed by atoms with Crippen LogP contribution in [-0.2, 0) is 20.4 Å². The smallest absolute Gasteiger partial charge is 0.310 e. The highest BCUT2D eigenvalue weighted by molar-refractivity contribution is 6.82. The topological polar surface area (TPSA) is 29.5 Å². The van der Waals surface area contributed by atoms with Crippen molar-refractivity contribution in [2.24, 2.45) is 17.3 Å². The molecular weight excluding hydrogens is 947 g/mol. The Kier molecular flexibility index (Phi) is 2.92. The fourth-order valence-corrected chi connectivity index (χ4v) is 28.6. The van der Waals surface area contributed by atoms with Crippen LogP contribution in [0.3, 0.4) is 0 Å². The first-order valence-electron chi connectivity index (χ1n) is 29.7. The monoisotopic (exact) mass is 973 g/mol. The minimum absolute atomic E-state index is 0.000935. The second-order valence-electron chi connectivity index (χ2n) is 31.1. The molecule has 0 amide bonds. The van der Waals surface area contributed by atoms with Crippen LogP contribution >= 0.6 is 0 Å². The van der Waals surface area contributed by atoms with Crippen LogP contribution < -0.4 is 0 Å². The Morgan fingerprint density at radius 2 is 0.564 bits per heavy atom. The van der Waals surface area contributed by atoms with E-state index in [1.165, 1.54) is 0 Å². The van der Waals surface area contributed by atoms with Gasteiger partial charge >= 0.3 is 5.97 Å². The highest BCUT2D eigenvalue weighted by Crippen LogP contribution is 2.88.